The number of hydrogen-bond acceptors (Lipinski definition) is 4. The lowest BCUT2D eigenvalue weighted by molar-refractivity contribution is -0.143. The summed E-state index contributed by atoms with van der Waals surface area (Å²) in [7, 11) is 0. The fraction of sp³-hybridized carbons (Fsp3) is 0.611. The Morgan fingerprint density at radius 1 is 1.29 bits per heavy atom. The van der Waals surface area contributed by atoms with Crippen molar-refractivity contribution in [1.29, 1.82) is 0 Å². The van der Waals surface area contributed by atoms with Crippen LogP contribution in [0.3, 0.4) is 0 Å². The van der Waals surface area contributed by atoms with Crippen molar-refractivity contribution in [3.63, 3.8) is 0 Å². The predicted octanol–water partition coefficient (Wildman–Crippen LogP) is 3.71. The fourth-order valence-electron chi connectivity index (χ4n) is 3.01. The molecule has 1 aromatic carbocycles. The smallest absolute Gasteiger partial charge is 0.401 e. The molecule has 6 nitrogen and oxygen atoms in total. The molecule has 1 aliphatic heterocycles. The van der Waals surface area contributed by atoms with Crippen molar-refractivity contribution in [2.45, 2.75) is 26.4 Å². The molecule has 1 atom stereocenters. The molecule has 0 radical (unpaired) electrons. The maximum atomic E-state index is 12.5. The number of anilines is 1. The van der Waals surface area contributed by atoms with Gasteiger partial charge < -0.3 is 20.5 Å². The van der Waals surface area contributed by atoms with Gasteiger partial charge in [-0.25, -0.2) is 0 Å². The molecule has 1 heterocycles. The molecular formula is C18H28F3IN4O2. The van der Waals surface area contributed by atoms with Crippen LogP contribution in [0.5, 0.6) is 11.5 Å². The molecule has 0 spiro atoms. The monoisotopic (exact) mass is 516 g/mol. The highest BCUT2D eigenvalue weighted by Gasteiger charge is 2.34. The van der Waals surface area contributed by atoms with Gasteiger partial charge >= 0.3 is 6.18 Å². The average molecular weight is 516 g/mol. The van der Waals surface area contributed by atoms with Crippen molar-refractivity contribution < 1.29 is 22.6 Å². The van der Waals surface area contributed by atoms with Crippen molar-refractivity contribution in [2.24, 2.45) is 16.6 Å². The summed E-state index contributed by atoms with van der Waals surface area (Å²) in [5.74, 6) is 1.55. The van der Waals surface area contributed by atoms with Crippen LogP contribution in [0.25, 0.3) is 0 Å². The Labute approximate surface area is 180 Å². The molecular weight excluding hydrogens is 488 g/mol. The van der Waals surface area contributed by atoms with Crippen LogP contribution in [0, 0.1) is 5.92 Å². The van der Waals surface area contributed by atoms with Crippen molar-refractivity contribution in [1.82, 2.24) is 4.90 Å². The zero-order chi connectivity index (χ0) is 19.9. The first-order valence-corrected chi connectivity index (χ1v) is 9.06. The van der Waals surface area contributed by atoms with Crippen LogP contribution < -0.4 is 20.5 Å². The van der Waals surface area contributed by atoms with E-state index in [9.17, 15) is 13.2 Å². The maximum Gasteiger partial charge on any atom is 0.401 e. The van der Waals surface area contributed by atoms with Gasteiger partial charge in [0.1, 0.15) is 11.5 Å². The van der Waals surface area contributed by atoms with Gasteiger partial charge in [0.25, 0.3) is 0 Å². The van der Waals surface area contributed by atoms with E-state index in [0.29, 0.717) is 56.5 Å². The van der Waals surface area contributed by atoms with E-state index in [0.717, 1.165) is 0 Å². The van der Waals surface area contributed by atoms with Gasteiger partial charge in [0.05, 0.1) is 25.4 Å². The normalized spacial score (nSPS) is 17.9. The first kappa shape index (κ1) is 24.6. The van der Waals surface area contributed by atoms with Gasteiger partial charge in [-0.05, 0) is 44.9 Å². The summed E-state index contributed by atoms with van der Waals surface area (Å²) >= 11 is 0. The van der Waals surface area contributed by atoms with Gasteiger partial charge in [-0.15, -0.1) is 24.0 Å². The van der Waals surface area contributed by atoms with Crippen LogP contribution in [-0.4, -0.2) is 56.4 Å². The van der Waals surface area contributed by atoms with Crippen LogP contribution in [0.2, 0.25) is 0 Å². The second-order valence-electron chi connectivity index (χ2n) is 6.38. The topological polar surface area (TPSA) is 72.1 Å². The first-order valence-electron chi connectivity index (χ1n) is 9.06. The van der Waals surface area contributed by atoms with Crippen LogP contribution >= 0.6 is 24.0 Å². The summed E-state index contributed by atoms with van der Waals surface area (Å²) in [6, 6.07) is 5.37. The van der Waals surface area contributed by atoms with Gasteiger partial charge in [0.2, 0.25) is 0 Å². The number of alkyl halides is 3. The molecule has 0 saturated carbocycles. The van der Waals surface area contributed by atoms with Gasteiger partial charge in [0, 0.05) is 19.2 Å². The van der Waals surface area contributed by atoms with E-state index in [1.807, 2.05) is 13.8 Å². The highest BCUT2D eigenvalue weighted by atomic mass is 127. The Hall–Kier alpha value is -1.43. The third-order valence-electron chi connectivity index (χ3n) is 4.12. The standard InChI is InChI=1S/C18H27F3N4O2.HI/c1-3-26-14-5-6-16(27-4-2)15(9-14)24-17(22)23-10-13-7-8-25(11-13)12-18(19,20)21;/h5-6,9,13H,3-4,7-8,10-12H2,1-2H3,(H3,22,23,24);1H. The number of aliphatic imine (C=N–C) groups is 1. The van der Waals surface area contributed by atoms with E-state index < -0.39 is 12.7 Å². The highest BCUT2D eigenvalue weighted by Crippen LogP contribution is 2.29. The zero-order valence-electron chi connectivity index (χ0n) is 16.1. The van der Waals surface area contributed by atoms with E-state index in [1.165, 1.54) is 4.90 Å². The van der Waals surface area contributed by atoms with E-state index in [2.05, 4.69) is 10.3 Å². The molecule has 1 aromatic rings. The van der Waals surface area contributed by atoms with Crippen molar-refractivity contribution in [2.75, 3.05) is 44.7 Å². The molecule has 0 amide bonds. The third kappa shape index (κ3) is 8.29. The zero-order valence-corrected chi connectivity index (χ0v) is 18.4. The summed E-state index contributed by atoms with van der Waals surface area (Å²) < 4.78 is 48.4. The summed E-state index contributed by atoms with van der Waals surface area (Å²) in [6.07, 6.45) is -3.49. The molecule has 28 heavy (non-hydrogen) atoms. The number of likely N-dealkylation sites (tertiary alicyclic amines) is 1. The quantitative estimate of drug-likeness (QED) is 0.313. The van der Waals surface area contributed by atoms with Gasteiger partial charge in [-0.1, -0.05) is 0 Å². The molecule has 0 bridgehead atoms. The molecule has 1 saturated heterocycles. The number of nitrogens with one attached hydrogen (secondary N) is 1. The average Bonchev–Trinajstić information content (AvgIpc) is 3.01. The number of guanidine groups is 1. The van der Waals surface area contributed by atoms with E-state index >= 15 is 0 Å². The lowest BCUT2D eigenvalue weighted by Crippen LogP contribution is -2.32. The lowest BCUT2D eigenvalue weighted by atomic mass is 10.1. The van der Waals surface area contributed by atoms with Crippen molar-refractivity contribution in [3.05, 3.63) is 18.2 Å². The van der Waals surface area contributed by atoms with E-state index in [1.54, 1.807) is 18.2 Å². The molecule has 1 unspecified atom stereocenters. The molecule has 1 fully saturated rings. The van der Waals surface area contributed by atoms with Gasteiger partial charge in [0.15, 0.2) is 5.96 Å². The summed E-state index contributed by atoms with van der Waals surface area (Å²) in [4.78, 5) is 5.69. The number of hydrogen-bond donors (Lipinski definition) is 2. The SMILES string of the molecule is CCOc1ccc(OCC)c(NC(N)=NCC2CCN(CC(F)(F)F)C2)c1.I. The Morgan fingerprint density at radius 2 is 2.00 bits per heavy atom. The largest absolute Gasteiger partial charge is 0.494 e. The minimum absolute atomic E-state index is 0. The Kier molecular flexibility index (Phi) is 10.1. The maximum absolute atomic E-state index is 12.5. The molecule has 10 heteroatoms. The molecule has 160 valence electrons. The van der Waals surface area contributed by atoms with Crippen molar-refractivity contribution >= 4 is 35.6 Å². The van der Waals surface area contributed by atoms with Crippen LogP contribution in [0.15, 0.2) is 23.2 Å². The van der Waals surface area contributed by atoms with E-state index in [-0.39, 0.29) is 35.9 Å². The fourth-order valence-corrected chi connectivity index (χ4v) is 3.01. The second kappa shape index (κ2) is 11.5. The molecule has 0 aliphatic carbocycles. The second-order valence-corrected chi connectivity index (χ2v) is 6.38. The summed E-state index contributed by atoms with van der Waals surface area (Å²) in [5, 5.41) is 3.00. The van der Waals surface area contributed by atoms with Gasteiger partial charge in [-0.2, -0.15) is 13.2 Å². The minimum Gasteiger partial charge on any atom is -0.494 e. The van der Waals surface area contributed by atoms with E-state index in [4.69, 9.17) is 15.2 Å². The first-order chi connectivity index (χ1) is 12.8. The lowest BCUT2D eigenvalue weighted by Gasteiger charge is -2.17. The predicted molar refractivity (Wildman–Crippen MR) is 115 cm³/mol. The third-order valence-corrected chi connectivity index (χ3v) is 4.12. The van der Waals surface area contributed by atoms with Crippen molar-refractivity contribution in [3.8, 4) is 11.5 Å². The van der Waals surface area contributed by atoms with Crippen LogP contribution in [0.4, 0.5) is 18.9 Å². The van der Waals surface area contributed by atoms with Crippen LogP contribution in [0.1, 0.15) is 20.3 Å². The minimum atomic E-state index is -4.17. The highest BCUT2D eigenvalue weighted by molar-refractivity contribution is 14.0. The molecule has 1 aliphatic rings. The summed E-state index contributed by atoms with van der Waals surface area (Å²) in [6.45, 7) is 5.11. The number of nitrogens with two attached hydrogens (primary N) is 1. The van der Waals surface area contributed by atoms with Crippen LogP contribution in [-0.2, 0) is 0 Å². The molecule has 0 aromatic heterocycles. The Morgan fingerprint density at radius 3 is 2.64 bits per heavy atom. The van der Waals surface area contributed by atoms with Gasteiger partial charge in [-0.3, -0.25) is 9.89 Å². The molecule has 3 N–H and O–H groups in total. The Balaban J connectivity index is 0.00000392. The number of benzene rings is 1. The number of halogens is 4. The molecule has 2 rings (SSSR count). The Bertz CT molecular complexity index is 644. The number of ether oxygens (including phenoxy) is 2. The number of rotatable bonds is 8. The summed E-state index contributed by atoms with van der Waals surface area (Å²) in [5.41, 5.74) is 6.59. The number of nitrogens with zero attached hydrogens (tertiary/aromatic N) is 2.